The number of nitro groups is 1. The van der Waals surface area contributed by atoms with Gasteiger partial charge in [0.25, 0.3) is 5.69 Å². The fraction of sp³-hybridized carbons (Fsp3) is 0.455. The molecule has 1 unspecified atom stereocenters. The standard InChI is InChI=1S/C11H17N3O2/c12-7-1-2-10(13)8-9-3-5-11(6-4-9)14(15)16/h3-6,10H,1-2,7-8,12-13H2. The van der Waals surface area contributed by atoms with Gasteiger partial charge in [0, 0.05) is 18.2 Å². The predicted octanol–water partition coefficient (Wildman–Crippen LogP) is 1.20. The van der Waals surface area contributed by atoms with Crippen LogP contribution in [0.3, 0.4) is 0 Å². The molecule has 0 spiro atoms. The Labute approximate surface area is 94.6 Å². The van der Waals surface area contributed by atoms with Crippen LogP contribution in [0.2, 0.25) is 0 Å². The summed E-state index contributed by atoms with van der Waals surface area (Å²) in [6.45, 7) is 0.647. The fourth-order valence-corrected chi connectivity index (χ4v) is 1.54. The second-order valence-electron chi connectivity index (χ2n) is 3.82. The summed E-state index contributed by atoms with van der Waals surface area (Å²) in [7, 11) is 0. The maximum atomic E-state index is 10.4. The average molecular weight is 223 g/mol. The van der Waals surface area contributed by atoms with E-state index in [-0.39, 0.29) is 11.7 Å². The smallest absolute Gasteiger partial charge is 0.269 e. The summed E-state index contributed by atoms with van der Waals surface area (Å²) in [4.78, 5) is 10.0. The van der Waals surface area contributed by atoms with Crippen LogP contribution in [0.4, 0.5) is 5.69 Å². The molecular weight excluding hydrogens is 206 g/mol. The Hall–Kier alpha value is -1.46. The zero-order valence-corrected chi connectivity index (χ0v) is 9.13. The molecule has 0 aliphatic rings. The van der Waals surface area contributed by atoms with Gasteiger partial charge in [-0.2, -0.15) is 0 Å². The molecule has 88 valence electrons. The summed E-state index contributed by atoms with van der Waals surface area (Å²) in [5.41, 5.74) is 12.4. The van der Waals surface area contributed by atoms with Crippen molar-refractivity contribution in [2.45, 2.75) is 25.3 Å². The first-order valence-electron chi connectivity index (χ1n) is 5.32. The number of rotatable bonds is 6. The Morgan fingerprint density at radius 2 is 1.94 bits per heavy atom. The van der Waals surface area contributed by atoms with Crippen molar-refractivity contribution >= 4 is 5.69 Å². The number of nitrogens with zero attached hydrogens (tertiary/aromatic N) is 1. The minimum absolute atomic E-state index is 0.0741. The number of benzene rings is 1. The maximum absolute atomic E-state index is 10.4. The zero-order valence-electron chi connectivity index (χ0n) is 9.13. The first-order chi connectivity index (χ1) is 7.63. The van der Waals surface area contributed by atoms with Crippen molar-refractivity contribution in [3.63, 3.8) is 0 Å². The first kappa shape index (κ1) is 12.6. The zero-order chi connectivity index (χ0) is 12.0. The molecule has 1 atom stereocenters. The van der Waals surface area contributed by atoms with E-state index in [4.69, 9.17) is 11.5 Å². The second kappa shape index (κ2) is 6.19. The topological polar surface area (TPSA) is 95.2 Å². The SMILES string of the molecule is NCCCC(N)Cc1ccc([N+](=O)[O-])cc1. The molecule has 5 nitrogen and oxygen atoms in total. The van der Waals surface area contributed by atoms with Crippen LogP contribution in [0.1, 0.15) is 18.4 Å². The third kappa shape index (κ3) is 3.96. The average Bonchev–Trinajstić information content (AvgIpc) is 2.27. The van der Waals surface area contributed by atoms with Gasteiger partial charge in [-0.3, -0.25) is 10.1 Å². The van der Waals surface area contributed by atoms with Crippen molar-refractivity contribution in [3.05, 3.63) is 39.9 Å². The quantitative estimate of drug-likeness (QED) is 0.559. The highest BCUT2D eigenvalue weighted by molar-refractivity contribution is 5.33. The lowest BCUT2D eigenvalue weighted by Crippen LogP contribution is -2.23. The van der Waals surface area contributed by atoms with Gasteiger partial charge in [-0.25, -0.2) is 0 Å². The normalized spacial score (nSPS) is 12.4. The Morgan fingerprint density at radius 3 is 2.44 bits per heavy atom. The van der Waals surface area contributed by atoms with Gasteiger partial charge >= 0.3 is 0 Å². The van der Waals surface area contributed by atoms with E-state index in [2.05, 4.69) is 0 Å². The number of non-ortho nitro benzene ring substituents is 1. The highest BCUT2D eigenvalue weighted by Crippen LogP contribution is 2.13. The highest BCUT2D eigenvalue weighted by Gasteiger charge is 2.07. The lowest BCUT2D eigenvalue weighted by molar-refractivity contribution is -0.384. The predicted molar refractivity (Wildman–Crippen MR) is 63.1 cm³/mol. The molecular formula is C11H17N3O2. The van der Waals surface area contributed by atoms with Crippen molar-refractivity contribution < 1.29 is 4.92 Å². The number of nitrogens with two attached hydrogens (primary N) is 2. The summed E-state index contributed by atoms with van der Waals surface area (Å²) in [5.74, 6) is 0. The van der Waals surface area contributed by atoms with Crippen LogP contribution in [0.15, 0.2) is 24.3 Å². The van der Waals surface area contributed by atoms with E-state index in [1.54, 1.807) is 12.1 Å². The van der Waals surface area contributed by atoms with E-state index in [9.17, 15) is 10.1 Å². The van der Waals surface area contributed by atoms with Crippen molar-refractivity contribution in [1.29, 1.82) is 0 Å². The third-order valence-electron chi connectivity index (χ3n) is 2.42. The van der Waals surface area contributed by atoms with E-state index < -0.39 is 4.92 Å². The lowest BCUT2D eigenvalue weighted by atomic mass is 10.0. The molecule has 0 aliphatic carbocycles. The number of hydrogen-bond acceptors (Lipinski definition) is 4. The molecule has 0 amide bonds. The van der Waals surface area contributed by atoms with Crippen LogP contribution < -0.4 is 11.5 Å². The largest absolute Gasteiger partial charge is 0.330 e. The lowest BCUT2D eigenvalue weighted by Gasteiger charge is -2.10. The number of nitro benzene ring substituents is 1. The molecule has 1 aromatic carbocycles. The van der Waals surface area contributed by atoms with Gasteiger partial charge in [-0.1, -0.05) is 12.1 Å². The van der Waals surface area contributed by atoms with E-state index in [0.29, 0.717) is 6.54 Å². The van der Waals surface area contributed by atoms with E-state index >= 15 is 0 Å². The van der Waals surface area contributed by atoms with Gasteiger partial charge in [-0.15, -0.1) is 0 Å². The van der Waals surface area contributed by atoms with Crippen molar-refractivity contribution in [3.8, 4) is 0 Å². The second-order valence-corrected chi connectivity index (χ2v) is 3.82. The van der Waals surface area contributed by atoms with Crippen LogP contribution in [0, 0.1) is 10.1 Å². The van der Waals surface area contributed by atoms with Gasteiger partial charge in [0.05, 0.1) is 4.92 Å². The highest BCUT2D eigenvalue weighted by atomic mass is 16.6. The van der Waals surface area contributed by atoms with Gasteiger partial charge < -0.3 is 11.5 Å². The van der Waals surface area contributed by atoms with Crippen LogP contribution in [0.5, 0.6) is 0 Å². The van der Waals surface area contributed by atoms with E-state index in [1.165, 1.54) is 12.1 Å². The molecule has 0 saturated heterocycles. The van der Waals surface area contributed by atoms with Crippen LogP contribution in [-0.2, 0) is 6.42 Å². The molecule has 0 bridgehead atoms. The maximum Gasteiger partial charge on any atom is 0.269 e. The molecule has 5 heteroatoms. The van der Waals surface area contributed by atoms with Crippen molar-refractivity contribution in [2.75, 3.05) is 6.54 Å². The summed E-state index contributed by atoms with van der Waals surface area (Å²) >= 11 is 0. The summed E-state index contributed by atoms with van der Waals surface area (Å²) in [5, 5.41) is 10.4. The Bertz CT molecular complexity index is 338. The molecule has 0 fully saturated rings. The minimum Gasteiger partial charge on any atom is -0.330 e. The summed E-state index contributed by atoms with van der Waals surface area (Å²) in [6.07, 6.45) is 2.53. The van der Waals surface area contributed by atoms with Crippen LogP contribution >= 0.6 is 0 Å². The molecule has 16 heavy (non-hydrogen) atoms. The van der Waals surface area contributed by atoms with Gasteiger partial charge in [0.1, 0.15) is 0 Å². The fourth-order valence-electron chi connectivity index (χ4n) is 1.54. The Balaban J connectivity index is 2.51. The van der Waals surface area contributed by atoms with E-state index in [1.807, 2.05) is 0 Å². The molecule has 1 rings (SSSR count). The Morgan fingerprint density at radius 1 is 1.31 bits per heavy atom. The molecule has 0 heterocycles. The molecule has 0 saturated carbocycles. The van der Waals surface area contributed by atoms with Crippen molar-refractivity contribution in [1.82, 2.24) is 0 Å². The van der Waals surface area contributed by atoms with Crippen molar-refractivity contribution in [2.24, 2.45) is 11.5 Å². The third-order valence-corrected chi connectivity index (χ3v) is 2.42. The minimum atomic E-state index is -0.405. The van der Waals surface area contributed by atoms with Crippen LogP contribution in [-0.4, -0.2) is 17.5 Å². The molecule has 1 aromatic rings. The first-order valence-corrected chi connectivity index (χ1v) is 5.32. The van der Waals surface area contributed by atoms with Gasteiger partial charge in [-0.05, 0) is 31.4 Å². The molecule has 0 aliphatic heterocycles. The van der Waals surface area contributed by atoms with Gasteiger partial charge in [0.2, 0.25) is 0 Å². The van der Waals surface area contributed by atoms with Gasteiger partial charge in [0.15, 0.2) is 0 Å². The number of hydrogen-bond donors (Lipinski definition) is 2. The monoisotopic (exact) mass is 223 g/mol. The molecule has 0 radical (unpaired) electrons. The molecule has 0 aromatic heterocycles. The van der Waals surface area contributed by atoms with Crippen LogP contribution in [0.25, 0.3) is 0 Å². The molecule has 4 N–H and O–H groups in total. The summed E-state index contributed by atoms with van der Waals surface area (Å²) in [6, 6.07) is 6.58. The van der Waals surface area contributed by atoms with E-state index in [0.717, 1.165) is 24.8 Å². The Kier molecular flexibility index (Phi) is 4.88. The summed E-state index contributed by atoms with van der Waals surface area (Å²) < 4.78 is 0.